The van der Waals surface area contributed by atoms with Crippen LogP contribution in [0, 0.1) is 5.95 Å². The third-order valence-electron chi connectivity index (χ3n) is 1.87. The van der Waals surface area contributed by atoms with E-state index in [0.29, 0.717) is 10.9 Å². The van der Waals surface area contributed by atoms with Crippen LogP contribution >= 0.6 is 0 Å². The van der Waals surface area contributed by atoms with Crippen LogP contribution in [0.1, 0.15) is 10.4 Å². The average Bonchev–Trinajstić information content (AvgIpc) is 2.39. The van der Waals surface area contributed by atoms with E-state index in [1.807, 2.05) is 0 Å². The lowest BCUT2D eigenvalue weighted by Gasteiger charge is -1.89. The number of aromatic nitrogens is 1. The molecule has 0 unspecified atom stereocenters. The van der Waals surface area contributed by atoms with Crippen molar-refractivity contribution in [2.24, 2.45) is 0 Å². The van der Waals surface area contributed by atoms with Gasteiger partial charge in [0.2, 0.25) is 5.95 Å². The molecule has 0 atom stereocenters. The second-order valence-corrected chi connectivity index (χ2v) is 2.66. The Hall–Kier alpha value is -1.84. The van der Waals surface area contributed by atoms with Crippen LogP contribution in [-0.4, -0.2) is 16.1 Å². The number of benzene rings is 1. The van der Waals surface area contributed by atoms with E-state index < -0.39 is 11.9 Å². The van der Waals surface area contributed by atoms with Gasteiger partial charge >= 0.3 is 5.97 Å². The minimum absolute atomic E-state index is 0.296. The molecule has 4 heteroatoms. The fourth-order valence-corrected chi connectivity index (χ4v) is 1.32. The summed E-state index contributed by atoms with van der Waals surface area (Å²) in [5.41, 5.74) is 0.202. The Bertz CT molecular complexity index is 475. The van der Waals surface area contributed by atoms with E-state index in [4.69, 9.17) is 5.11 Å². The van der Waals surface area contributed by atoms with Crippen LogP contribution in [0.4, 0.5) is 4.39 Å². The lowest BCUT2D eigenvalue weighted by Crippen LogP contribution is -1.97. The number of para-hydroxylation sites is 1. The first-order valence-electron chi connectivity index (χ1n) is 3.69. The summed E-state index contributed by atoms with van der Waals surface area (Å²) >= 11 is 0. The van der Waals surface area contributed by atoms with Gasteiger partial charge in [0, 0.05) is 10.9 Å². The lowest BCUT2D eigenvalue weighted by atomic mass is 10.2. The zero-order valence-corrected chi connectivity index (χ0v) is 6.54. The summed E-state index contributed by atoms with van der Waals surface area (Å²) < 4.78 is 13.0. The van der Waals surface area contributed by atoms with Crippen LogP contribution in [0.2, 0.25) is 0 Å². The molecule has 1 aromatic carbocycles. The van der Waals surface area contributed by atoms with Gasteiger partial charge in [0.25, 0.3) is 0 Å². The predicted octanol–water partition coefficient (Wildman–Crippen LogP) is 2.01. The number of aromatic carboxylic acids is 1. The third-order valence-corrected chi connectivity index (χ3v) is 1.87. The predicted molar refractivity (Wildman–Crippen MR) is 45.2 cm³/mol. The average molecular weight is 179 g/mol. The quantitative estimate of drug-likeness (QED) is 0.703. The molecule has 0 saturated carbocycles. The molecule has 0 aliphatic carbocycles. The number of rotatable bonds is 1. The van der Waals surface area contributed by atoms with E-state index in [1.165, 1.54) is 0 Å². The van der Waals surface area contributed by atoms with Gasteiger partial charge in [0.1, 0.15) is 5.56 Å². The zero-order chi connectivity index (χ0) is 9.42. The van der Waals surface area contributed by atoms with Gasteiger partial charge < -0.3 is 10.1 Å². The van der Waals surface area contributed by atoms with Crippen LogP contribution in [0.5, 0.6) is 0 Å². The fraction of sp³-hybridized carbons (Fsp3) is 0. The number of halogens is 1. The molecule has 1 heterocycles. The fourth-order valence-electron chi connectivity index (χ4n) is 1.32. The molecule has 0 fully saturated rings. The molecule has 0 radical (unpaired) electrons. The molecule has 66 valence electrons. The van der Waals surface area contributed by atoms with E-state index in [1.54, 1.807) is 24.3 Å². The van der Waals surface area contributed by atoms with Crippen molar-refractivity contribution in [2.75, 3.05) is 0 Å². The Balaban J connectivity index is 2.86. The SMILES string of the molecule is O=C(O)c1c(F)[nH]c2ccccc12. The highest BCUT2D eigenvalue weighted by molar-refractivity contribution is 6.03. The Morgan fingerprint density at radius 3 is 2.77 bits per heavy atom. The Kier molecular flexibility index (Phi) is 1.55. The topological polar surface area (TPSA) is 53.1 Å². The molecule has 2 N–H and O–H groups in total. The van der Waals surface area contributed by atoms with Gasteiger partial charge in [0.15, 0.2) is 0 Å². The van der Waals surface area contributed by atoms with Crippen molar-refractivity contribution in [3.63, 3.8) is 0 Å². The van der Waals surface area contributed by atoms with Crippen LogP contribution in [0.3, 0.4) is 0 Å². The summed E-state index contributed by atoms with van der Waals surface area (Å²) in [7, 11) is 0. The second-order valence-electron chi connectivity index (χ2n) is 2.66. The molecule has 0 aliphatic rings. The molecular weight excluding hydrogens is 173 g/mol. The summed E-state index contributed by atoms with van der Waals surface area (Å²) in [6.07, 6.45) is 0. The maximum absolute atomic E-state index is 13.0. The lowest BCUT2D eigenvalue weighted by molar-refractivity contribution is 0.0694. The van der Waals surface area contributed by atoms with Crippen molar-refractivity contribution in [1.29, 1.82) is 0 Å². The van der Waals surface area contributed by atoms with Gasteiger partial charge in [-0.05, 0) is 6.07 Å². The van der Waals surface area contributed by atoms with Crippen molar-refractivity contribution in [2.45, 2.75) is 0 Å². The molecule has 0 bridgehead atoms. The molecular formula is C9H6FNO2. The molecule has 0 aliphatic heterocycles. The highest BCUT2D eigenvalue weighted by atomic mass is 19.1. The number of carbonyl (C=O) groups is 1. The van der Waals surface area contributed by atoms with Gasteiger partial charge in [-0.2, -0.15) is 4.39 Å². The first-order valence-corrected chi connectivity index (χ1v) is 3.69. The molecule has 0 amide bonds. The van der Waals surface area contributed by atoms with E-state index in [9.17, 15) is 9.18 Å². The second kappa shape index (κ2) is 2.58. The number of nitrogens with one attached hydrogen (secondary N) is 1. The highest BCUT2D eigenvalue weighted by Crippen LogP contribution is 2.20. The highest BCUT2D eigenvalue weighted by Gasteiger charge is 2.16. The first kappa shape index (κ1) is 7.79. The van der Waals surface area contributed by atoms with E-state index in [0.717, 1.165) is 0 Å². The molecule has 2 rings (SSSR count). The van der Waals surface area contributed by atoms with Gasteiger partial charge in [-0.25, -0.2) is 4.79 Å². The van der Waals surface area contributed by atoms with Crippen LogP contribution < -0.4 is 0 Å². The monoisotopic (exact) mass is 179 g/mol. The zero-order valence-electron chi connectivity index (χ0n) is 6.54. The number of fused-ring (bicyclic) bond motifs is 1. The summed E-state index contributed by atoms with van der Waals surface area (Å²) in [5.74, 6) is -2.05. The normalized spacial score (nSPS) is 10.5. The summed E-state index contributed by atoms with van der Waals surface area (Å²) in [6, 6.07) is 6.58. The molecule has 3 nitrogen and oxygen atoms in total. The Morgan fingerprint density at radius 2 is 2.08 bits per heavy atom. The van der Waals surface area contributed by atoms with Crippen molar-refractivity contribution in [3.8, 4) is 0 Å². The molecule has 13 heavy (non-hydrogen) atoms. The number of carboxylic acid groups (broad SMARTS) is 1. The van der Waals surface area contributed by atoms with Crippen molar-refractivity contribution < 1.29 is 14.3 Å². The van der Waals surface area contributed by atoms with Crippen LogP contribution in [-0.2, 0) is 0 Å². The van der Waals surface area contributed by atoms with E-state index in [2.05, 4.69) is 4.98 Å². The Labute approximate surface area is 72.8 Å². The molecule has 2 aromatic rings. The van der Waals surface area contributed by atoms with Crippen molar-refractivity contribution >= 4 is 16.9 Å². The smallest absolute Gasteiger partial charge is 0.340 e. The first-order chi connectivity index (χ1) is 6.20. The van der Waals surface area contributed by atoms with Crippen LogP contribution in [0.25, 0.3) is 10.9 Å². The van der Waals surface area contributed by atoms with E-state index in [-0.39, 0.29) is 5.56 Å². The maximum atomic E-state index is 13.0. The summed E-state index contributed by atoms with van der Waals surface area (Å²) in [4.78, 5) is 13.0. The molecule has 1 aromatic heterocycles. The number of H-pyrrole nitrogens is 1. The largest absolute Gasteiger partial charge is 0.478 e. The number of aromatic amines is 1. The number of hydrogen-bond donors (Lipinski definition) is 2. The maximum Gasteiger partial charge on any atom is 0.340 e. The van der Waals surface area contributed by atoms with E-state index >= 15 is 0 Å². The van der Waals surface area contributed by atoms with Gasteiger partial charge in [-0.1, -0.05) is 18.2 Å². The molecule has 0 saturated heterocycles. The summed E-state index contributed by atoms with van der Waals surface area (Å²) in [5, 5.41) is 9.09. The van der Waals surface area contributed by atoms with Crippen molar-refractivity contribution in [3.05, 3.63) is 35.8 Å². The summed E-state index contributed by atoms with van der Waals surface area (Å²) in [6.45, 7) is 0. The third kappa shape index (κ3) is 1.07. The van der Waals surface area contributed by atoms with Gasteiger partial charge in [-0.3, -0.25) is 0 Å². The standard InChI is InChI=1S/C9H6FNO2/c10-8-7(9(12)13)5-3-1-2-4-6(5)11-8/h1-4,11H,(H,12,13). The van der Waals surface area contributed by atoms with Crippen LogP contribution in [0.15, 0.2) is 24.3 Å². The minimum atomic E-state index is -1.25. The number of hydrogen-bond acceptors (Lipinski definition) is 1. The van der Waals surface area contributed by atoms with Crippen molar-refractivity contribution in [1.82, 2.24) is 4.98 Å². The Morgan fingerprint density at radius 1 is 1.38 bits per heavy atom. The minimum Gasteiger partial charge on any atom is -0.478 e. The number of carboxylic acids is 1. The van der Waals surface area contributed by atoms with Gasteiger partial charge in [0.05, 0.1) is 0 Å². The molecule has 0 spiro atoms. The van der Waals surface area contributed by atoms with Gasteiger partial charge in [-0.15, -0.1) is 0 Å².